The van der Waals surface area contributed by atoms with E-state index in [4.69, 9.17) is 35.6 Å². The van der Waals surface area contributed by atoms with Gasteiger partial charge in [0.25, 0.3) is 0 Å². The Hall–Kier alpha value is -5.09. The van der Waals surface area contributed by atoms with Gasteiger partial charge in [0, 0.05) is 28.9 Å². The molecule has 0 atom stereocenters. The number of carbonyl (C=O) groups is 2. The van der Waals surface area contributed by atoms with Gasteiger partial charge in [0.1, 0.15) is 36.8 Å². The molecule has 48 heavy (non-hydrogen) atoms. The number of aromatic nitrogens is 5. The van der Waals surface area contributed by atoms with Crippen LogP contribution in [0.5, 0.6) is 5.88 Å². The average Bonchev–Trinajstić information content (AvgIpc) is 3.69. The Morgan fingerprint density at radius 2 is 1.73 bits per heavy atom. The van der Waals surface area contributed by atoms with Crippen molar-refractivity contribution in [3.05, 3.63) is 101 Å². The third-order valence-electron chi connectivity index (χ3n) is 7.50. The molecule has 12 nitrogen and oxygen atoms in total. The van der Waals surface area contributed by atoms with Gasteiger partial charge in [-0.25, -0.2) is 28.9 Å². The Bertz CT molecular complexity index is 1890. The van der Waals surface area contributed by atoms with Crippen LogP contribution in [-0.2, 0) is 24.5 Å². The number of halogens is 5. The number of aliphatic carboxylic acids is 1. The molecule has 0 aliphatic carbocycles. The zero-order valence-electron chi connectivity index (χ0n) is 24.9. The number of rotatable bonds is 9. The van der Waals surface area contributed by atoms with Crippen molar-refractivity contribution in [2.45, 2.75) is 44.6 Å². The molecule has 0 saturated carbocycles. The van der Waals surface area contributed by atoms with Crippen LogP contribution in [-0.4, -0.2) is 70.8 Å². The first-order valence-corrected chi connectivity index (χ1v) is 14.8. The van der Waals surface area contributed by atoms with E-state index in [0.717, 1.165) is 37.4 Å². The zero-order valence-corrected chi connectivity index (χ0v) is 25.7. The molecule has 2 aromatic carbocycles. The highest BCUT2D eigenvalue weighted by molar-refractivity contribution is 6.30. The maximum atomic E-state index is 14.2. The summed E-state index contributed by atoms with van der Waals surface area (Å²) < 4.78 is 59.3. The van der Waals surface area contributed by atoms with Gasteiger partial charge in [0.2, 0.25) is 11.8 Å². The molecule has 0 amide bonds. The lowest BCUT2D eigenvalue weighted by Crippen LogP contribution is -2.33. The van der Waals surface area contributed by atoms with Crippen molar-refractivity contribution < 1.29 is 46.5 Å². The summed E-state index contributed by atoms with van der Waals surface area (Å²) >= 11 is 5.86. The summed E-state index contributed by atoms with van der Waals surface area (Å²) in [6.45, 7) is 2.51. The molecule has 1 aliphatic heterocycles. The van der Waals surface area contributed by atoms with E-state index in [0.29, 0.717) is 46.5 Å². The minimum atomic E-state index is -5.08. The summed E-state index contributed by atoms with van der Waals surface area (Å²) in [7, 11) is 0. The molecule has 5 aromatic rings. The summed E-state index contributed by atoms with van der Waals surface area (Å²) in [5.74, 6) is -2.33. The van der Waals surface area contributed by atoms with Crippen LogP contribution < -0.4 is 4.74 Å². The number of alkyl halides is 3. The summed E-state index contributed by atoms with van der Waals surface area (Å²) in [5, 5.41) is 17.0. The molecule has 0 bridgehead atoms. The number of nitrogens with zero attached hydrogens (tertiary/aromatic N) is 6. The molecule has 3 aromatic heterocycles. The van der Waals surface area contributed by atoms with Crippen LogP contribution in [0.15, 0.2) is 65.7 Å². The standard InChI is InChI=1S/C29H26ClFN6O4.C2HF3O2/c30-21-3-1-20(22(31)14-21)17-41-28-27(33-7-8-34-28)18-5-10-36(11-6-18)15-25-35-23-4-2-19(29(38)39)13-24(23)37(25)16-26-32-9-12-40-26;3-2(4,5)1(6)7/h1-4,7-9,12-14,18H,5-6,10-11,15-17H2,(H,38,39);(H,6,7). The van der Waals surface area contributed by atoms with Gasteiger partial charge < -0.3 is 23.9 Å². The van der Waals surface area contributed by atoms with Gasteiger partial charge in [-0.1, -0.05) is 17.7 Å². The van der Waals surface area contributed by atoms with Crippen molar-refractivity contribution >= 4 is 34.6 Å². The first kappa shape index (κ1) is 34.3. The maximum Gasteiger partial charge on any atom is 0.490 e. The molecule has 4 heterocycles. The number of piperidine rings is 1. The summed E-state index contributed by atoms with van der Waals surface area (Å²) in [5.41, 5.74) is 2.78. The fourth-order valence-electron chi connectivity index (χ4n) is 5.15. The largest absolute Gasteiger partial charge is 0.490 e. The van der Waals surface area contributed by atoms with Gasteiger partial charge in [-0.15, -0.1) is 0 Å². The summed E-state index contributed by atoms with van der Waals surface area (Å²) in [4.78, 5) is 40.8. The second-order valence-electron chi connectivity index (χ2n) is 10.7. The van der Waals surface area contributed by atoms with Crippen LogP contribution in [0.1, 0.15) is 52.1 Å². The topological polar surface area (TPSA) is 157 Å². The molecule has 1 fully saturated rings. The van der Waals surface area contributed by atoms with E-state index in [-0.39, 0.29) is 18.1 Å². The zero-order chi connectivity index (χ0) is 34.4. The molecule has 0 spiro atoms. The smallest absolute Gasteiger partial charge is 0.478 e. The Labute approximate surface area is 274 Å². The number of likely N-dealkylation sites (tertiary alicyclic amines) is 1. The van der Waals surface area contributed by atoms with E-state index >= 15 is 0 Å². The molecule has 252 valence electrons. The maximum absolute atomic E-state index is 14.2. The fourth-order valence-corrected chi connectivity index (χ4v) is 5.30. The average molecular weight is 691 g/mol. The highest BCUT2D eigenvalue weighted by Gasteiger charge is 2.38. The van der Waals surface area contributed by atoms with Crippen LogP contribution in [0.2, 0.25) is 5.02 Å². The van der Waals surface area contributed by atoms with E-state index in [1.54, 1.807) is 48.9 Å². The monoisotopic (exact) mass is 690 g/mol. The highest BCUT2D eigenvalue weighted by Crippen LogP contribution is 2.33. The number of carboxylic acids is 2. The highest BCUT2D eigenvalue weighted by atomic mass is 35.5. The molecular weight excluding hydrogens is 664 g/mol. The Kier molecular flexibility index (Phi) is 10.5. The quantitative estimate of drug-likeness (QED) is 0.176. The Balaban J connectivity index is 0.000000582. The lowest BCUT2D eigenvalue weighted by molar-refractivity contribution is -0.192. The molecule has 0 radical (unpaired) electrons. The van der Waals surface area contributed by atoms with Gasteiger partial charge in [-0.3, -0.25) is 9.88 Å². The van der Waals surface area contributed by atoms with Crippen molar-refractivity contribution in [3.63, 3.8) is 0 Å². The van der Waals surface area contributed by atoms with Gasteiger partial charge in [-0.2, -0.15) is 13.2 Å². The van der Waals surface area contributed by atoms with Crippen molar-refractivity contribution in [3.8, 4) is 5.88 Å². The van der Waals surface area contributed by atoms with Crippen molar-refractivity contribution in [1.29, 1.82) is 0 Å². The number of hydrogen-bond donors (Lipinski definition) is 2. The number of fused-ring (bicyclic) bond motifs is 1. The van der Waals surface area contributed by atoms with Crippen LogP contribution in [0.4, 0.5) is 17.6 Å². The normalized spacial score (nSPS) is 14.0. The summed E-state index contributed by atoms with van der Waals surface area (Å²) in [6, 6.07) is 9.41. The first-order chi connectivity index (χ1) is 22.9. The van der Waals surface area contributed by atoms with Crippen LogP contribution in [0.3, 0.4) is 0 Å². The number of benzene rings is 2. The van der Waals surface area contributed by atoms with Gasteiger partial charge in [0.15, 0.2) is 0 Å². The number of aromatic carboxylic acids is 1. The molecular formula is C31H27ClF4N6O6. The van der Waals surface area contributed by atoms with Gasteiger partial charge >= 0.3 is 18.1 Å². The molecule has 2 N–H and O–H groups in total. The Morgan fingerprint density at radius 1 is 1.00 bits per heavy atom. The third kappa shape index (κ3) is 8.43. The number of imidazole rings is 1. The molecule has 6 rings (SSSR count). The predicted molar refractivity (Wildman–Crippen MR) is 161 cm³/mol. The first-order valence-electron chi connectivity index (χ1n) is 14.4. The van der Waals surface area contributed by atoms with Crippen LogP contribution in [0, 0.1) is 5.82 Å². The second kappa shape index (κ2) is 14.8. The van der Waals surface area contributed by atoms with E-state index < -0.39 is 23.9 Å². The lowest BCUT2D eigenvalue weighted by atomic mass is 9.93. The Morgan fingerprint density at radius 3 is 2.38 bits per heavy atom. The van der Waals surface area contributed by atoms with E-state index in [2.05, 4.69) is 19.9 Å². The van der Waals surface area contributed by atoms with Crippen molar-refractivity contribution in [2.75, 3.05) is 13.1 Å². The van der Waals surface area contributed by atoms with Crippen molar-refractivity contribution in [1.82, 2.24) is 29.4 Å². The third-order valence-corrected chi connectivity index (χ3v) is 7.74. The van der Waals surface area contributed by atoms with E-state index in [1.807, 2.05) is 4.57 Å². The number of hydrogen-bond acceptors (Lipinski definition) is 9. The SMILES string of the molecule is O=C(O)C(F)(F)F.O=C(O)c1ccc2nc(CN3CCC(c4nccnc4OCc4ccc(Cl)cc4F)CC3)n(Cc3ncco3)c2c1. The lowest BCUT2D eigenvalue weighted by Gasteiger charge is -2.31. The van der Waals surface area contributed by atoms with Gasteiger partial charge in [0.05, 0.1) is 29.3 Å². The molecule has 1 aliphatic rings. The predicted octanol–water partition coefficient (Wildman–Crippen LogP) is 5.95. The van der Waals surface area contributed by atoms with Crippen molar-refractivity contribution in [2.24, 2.45) is 0 Å². The minimum Gasteiger partial charge on any atom is -0.478 e. The number of oxazole rings is 1. The van der Waals surface area contributed by atoms with Crippen LogP contribution in [0.25, 0.3) is 11.0 Å². The summed E-state index contributed by atoms with van der Waals surface area (Å²) in [6.07, 6.45) is 2.88. The van der Waals surface area contributed by atoms with E-state index in [9.17, 15) is 27.5 Å². The fraction of sp³-hybridized carbons (Fsp3) is 0.290. The van der Waals surface area contributed by atoms with Gasteiger partial charge in [-0.05, 0) is 56.3 Å². The van der Waals surface area contributed by atoms with Crippen LogP contribution >= 0.6 is 11.6 Å². The number of ether oxygens (including phenoxy) is 1. The molecule has 17 heteroatoms. The second-order valence-corrected chi connectivity index (χ2v) is 11.1. The molecule has 1 saturated heterocycles. The number of carboxylic acid groups (broad SMARTS) is 2. The van der Waals surface area contributed by atoms with E-state index in [1.165, 1.54) is 12.3 Å². The minimum absolute atomic E-state index is 0.0257. The molecule has 0 unspecified atom stereocenters.